The van der Waals surface area contributed by atoms with Gasteiger partial charge in [0.25, 0.3) is 0 Å². The Morgan fingerprint density at radius 2 is 2.04 bits per heavy atom. The van der Waals surface area contributed by atoms with Crippen LogP contribution in [0.5, 0.6) is 5.75 Å². The summed E-state index contributed by atoms with van der Waals surface area (Å²) in [6.07, 6.45) is 1.11. The van der Waals surface area contributed by atoms with E-state index < -0.39 is 0 Å². The second kappa shape index (κ2) is 8.88. The van der Waals surface area contributed by atoms with Crippen molar-refractivity contribution in [1.29, 1.82) is 0 Å². The fourth-order valence-electron chi connectivity index (χ4n) is 3.37. The number of nitrogens with one attached hydrogen (secondary N) is 2. The topological polar surface area (TPSA) is 36.5 Å². The number of methoxy groups -OCH3 is 1. The Kier molecular flexibility index (Phi) is 6.31. The molecule has 0 saturated carbocycles. The van der Waals surface area contributed by atoms with E-state index in [4.69, 9.17) is 4.74 Å². The molecule has 2 aromatic carbocycles. The molecule has 4 heteroatoms. The summed E-state index contributed by atoms with van der Waals surface area (Å²) >= 11 is 0. The zero-order chi connectivity index (χ0) is 17.5. The lowest BCUT2D eigenvalue weighted by Gasteiger charge is -2.34. The Morgan fingerprint density at radius 3 is 2.84 bits per heavy atom. The minimum atomic E-state index is 0.538. The van der Waals surface area contributed by atoms with Crippen molar-refractivity contribution in [2.75, 3.05) is 38.6 Å². The van der Waals surface area contributed by atoms with Crippen LogP contribution in [0.1, 0.15) is 17.5 Å². The van der Waals surface area contributed by atoms with Crippen LogP contribution in [0.25, 0.3) is 0 Å². The molecule has 1 unspecified atom stereocenters. The fourth-order valence-corrected chi connectivity index (χ4v) is 3.37. The van der Waals surface area contributed by atoms with E-state index in [0.717, 1.165) is 50.6 Å². The van der Waals surface area contributed by atoms with Gasteiger partial charge in [0.1, 0.15) is 5.75 Å². The first-order valence-electron chi connectivity index (χ1n) is 9.13. The molecule has 0 amide bonds. The molecular weight excluding hydrogens is 310 g/mol. The summed E-state index contributed by atoms with van der Waals surface area (Å²) in [6, 6.07) is 17.5. The average Bonchev–Trinajstić information content (AvgIpc) is 2.64. The Balaban J connectivity index is 1.47. The number of rotatable bonds is 7. The summed E-state index contributed by atoms with van der Waals surface area (Å²) in [7, 11) is 1.71. The molecule has 1 aliphatic rings. The molecule has 134 valence electrons. The van der Waals surface area contributed by atoms with Crippen LogP contribution in [0.2, 0.25) is 0 Å². The molecule has 25 heavy (non-hydrogen) atoms. The van der Waals surface area contributed by atoms with Gasteiger partial charge in [0.15, 0.2) is 0 Å². The molecule has 0 spiro atoms. The first-order chi connectivity index (χ1) is 12.2. The van der Waals surface area contributed by atoms with Crippen molar-refractivity contribution in [3.63, 3.8) is 0 Å². The number of anilines is 1. The number of ether oxygens (including phenoxy) is 1. The first kappa shape index (κ1) is 17.8. The average molecular weight is 339 g/mol. The van der Waals surface area contributed by atoms with Gasteiger partial charge in [-0.25, -0.2) is 0 Å². The second-order valence-corrected chi connectivity index (χ2v) is 6.77. The van der Waals surface area contributed by atoms with Gasteiger partial charge in [-0.3, -0.25) is 4.90 Å². The Labute approximate surface area is 151 Å². The van der Waals surface area contributed by atoms with Gasteiger partial charge in [-0.05, 0) is 30.5 Å². The van der Waals surface area contributed by atoms with Crippen LogP contribution in [-0.4, -0.2) is 44.2 Å². The summed E-state index contributed by atoms with van der Waals surface area (Å²) in [6.45, 7) is 7.42. The SMILES string of the molecule is COc1ccc(C)c(NCCC2CN(Cc3ccccc3)CCN2)c1. The monoisotopic (exact) mass is 339 g/mol. The smallest absolute Gasteiger partial charge is 0.120 e. The van der Waals surface area contributed by atoms with E-state index in [0.29, 0.717) is 6.04 Å². The lowest BCUT2D eigenvalue weighted by atomic mass is 10.1. The van der Waals surface area contributed by atoms with E-state index in [1.807, 2.05) is 6.07 Å². The normalized spacial score (nSPS) is 18.1. The number of piperazine rings is 1. The Bertz CT molecular complexity index is 659. The van der Waals surface area contributed by atoms with E-state index in [1.165, 1.54) is 11.1 Å². The second-order valence-electron chi connectivity index (χ2n) is 6.77. The van der Waals surface area contributed by atoms with E-state index in [1.54, 1.807) is 7.11 Å². The highest BCUT2D eigenvalue weighted by atomic mass is 16.5. The van der Waals surface area contributed by atoms with Crippen molar-refractivity contribution >= 4 is 5.69 Å². The lowest BCUT2D eigenvalue weighted by Crippen LogP contribution is -2.50. The third kappa shape index (κ3) is 5.21. The van der Waals surface area contributed by atoms with E-state index >= 15 is 0 Å². The first-order valence-corrected chi connectivity index (χ1v) is 9.13. The van der Waals surface area contributed by atoms with Gasteiger partial charge in [-0.1, -0.05) is 36.4 Å². The van der Waals surface area contributed by atoms with Crippen LogP contribution in [0.15, 0.2) is 48.5 Å². The molecule has 2 N–H and O–H groups in total. The van der Waals surface area contributed by atoms with Crippen molar-refractivity contribution in [3.8, 4) is 5.75 Å². The quantitative estimate of drug-likeness (QED) is 0.812. The molecule has 1 atom stereocenters. The highest BCUT2D eigenvalue weighted by Gasteiger charge is 2.19. The molecule has 1 heterocycles. The highest BCUT2D eigenvalue weighted by Crippen LogP contribution is 2.21. The van der Waals surface area contributed by atoms with Crippen molar-refractivity contribution in [1.82, 2.24) is 10.2 Å². The van der Waals surface area contributed by atoms with Crippen LogP contribution < -0.4 is 15.4 Å². The van der Waals surface area contributed by atoms with E-state index in [9.17, 15) is 0 Å². The van der Waals surface area contributed by atoms with Crippen LogP contribution in [-0.2, 0) is 6.54 Å². The lowest BCUT2D eigenvalue weighted by molar-refractivity contribution is 0.189. The highest BCUT2D eigenvalue weighted by molar-refractivity contribution is 5.54. The molecule has 1 fully saturated rings. The van der Waals surface area contributed by atoms with Crippen molar-refractivity contribution in [2.45, 2.75) is 25.9 Å². The number of hydrogen-bond acceptors (Lipinski definition) is 4. The summed E-state index contributed by atoms with van der Waals surface area (Å²) < 4.78 is 5.32. The summed E-state index contributed by atoms with van der Waals surface area (Å²) in [5.41, 5.74) is 3.81. The predicted molar refractivity (Wildman–Crippen MR) is 104 cm³/mol. The van der Waals surface area contributed by atoms with Gasteiger partial charge in [-0.15, -0.1) is 0 Å². The fraction of sp³-hybridized carbons (Fsp3) is 0.429. The Morgan fingerprint density at radius 1 is 1.20 bits per heavy atom. The number of benzene rings is 2. The summed E-state index contributed by atoms with van der Waals surface area (Å²) in [4.78, 5) is 2.55. The van der Waals surface area contributed by atoms with Crippen molar-refractivity contribution in [3.05, 3.63) is 59.7 Å². The summed E-state index contributed by atoms with van der Waals surface area (Å²) in [5, 5.41) is 7.21. The summed E-state index contributed by atoms with van der Waals surface area (Å²) in [5.74, 6) is 0.901. The molecule has 3 rings (SSSR count). The standard InChI is InChI=1S/C21H29N3O/c1-17-8-9-20(25-2)14-21(17)23-11-10-19-16-24(13-12-22-19)15-18-6-4-3-5-7-18/h3-9,14,19,22-23H,10-13,15-16H2,1-2H3. The van der Waals surface area contributed by atoms with Gasteiger partial charge in [0.2, 0.25) is 0 Å². The number of hydrogen-bond donors (Lipinski definition) is 2. The van der Waals surface area contributed by atoms with E-state index in [2.05, 4.69) is 64.9 Å². The maximum atomic E-state index is 5.32. The third-order valence-electron chi connectivity index (χ3n) is 4.84. The van der Waals surface area contributed by atoms with Crippen molar-refractivity contribution < 1.29 is 4.74 Å². The third-order valence-corrected chi connectivity index (χ3v) is 4.84. The zero-order valence-corrected chi connectivity index (χ0v) is 15.3. The van der Waals surface area contributed by atoms with Crippen LogP contribution in [0.3, 0.4) is 0 Å². The van der Waals surface area contributed by atoms with Crippen LogP contribution >= 0.6 is 0 Å². The molecule has 1 aliphatic heterocycles. The molecule has 0 aliphatic carbocycles. The molecule has 0 aromatic heterocycles. The minimum Gasteiger partial charge on any atom is -0.497 e. The zero-order valence-electron chi connectivity index (χ0n) is 15.3. The van der Waals surface area contributed by atoms with Gasteiger partial charge in [-0.2, -0.15) is 0 Å². The maximum absolute atomic E-state index is 5.32. The van der Waals surface area contributed by atoms with Gasteiger partial charge in [0, 0.05) is 50.5 Å². The van der Waals surface area contributed by atoms with Gasteiger partial charge >= 0.3 is 0 Å². The number of aryl methyl sites for hydroxylation is 1. The Hall–Kier alpha value is -2.04. The van der Waals surface area contributed by atoms with Crippen molar-refractivity contribution in [2.24, 2.45) is 0 Å². The van der Waals surface area contributed by atoms with Crippen LogP contribution in [0.4, 0.5) is 5.69 Å². The molecule has 1 saturated heterocycles. The molecule has 0 bridgehead atoms. The van der Waals surface area contributed by atoms with Gasteiger partial charge < -0.3 is 15.4 Å². The molecular formula is C21H29N3O. The molecule has 0 radical (unpaired) electrons. The van der Waals surface area contributed by atoms with E-state index in [-0.39, 0.29) is 0 Å². The number of nitrogens with zero attached hydrogens (tertiary/aromatic N) is 1. The van der Waals surface area contributed by atoms with Gasteiger partial charge in [0.05, 0.1) is 7.11 Å². The maximum Gasteiger partial charge on any atom is 0.120 e. The predicted octanol–water partition coefficient (Wildman–Crippen LogP) is 3.28. The van der Waals surface area contributed by atoms with Crippen LogP contribution in [0, 0.1) is 6.92 Å². The largest absolute Gasteiger partial charge is 0.497 e. The minimum absolute atomic E-state index is 0.538. The molecule has 4 nitrogen and oxygen atoms in total. The molecule has 2 aromatic rings.